The molecule has 5 heteroatoms. The third-order valence-electron chi connectivity index (χ3n) is 6.69. The predicted octanol–water partition coefficient (Wildman–Crippen LogP) is 5.19. The molecule has 0 aromatic heterocycles. The first kappa shape index (κ1) is 20.3. The van der Waals surface area contributed by atoms with Gasteiger partial charge in [-0.25, -0.2) is 9.59 Å². The molecule has 1 aliphatic heterocycles. The zero-order valence-electron chi connectivity index (χ0n) is 17.9. The van der Waals surface area contributed by atoms with Crippen LogP contribution in [-0.2, 0) is 9.53 Å². The van der Waals surface area contributed by atoms with E-state index >= 15 is 0 Å². The molecule has 1 aliphatic carbocycles. The van der Waals surface area contributed by atoms with Crippen molar-refractivity contribution in [3.63, 3.8) is 0 Å². The van der Waals surface area contributed by atoms with Gasteiger partial charge in [0.25, 0.3) is 0 Å². The normalized spacial score (nSPS) is 19.5. The maximum absolute atomic E-state index is 13.0. The van der Waals surface area contributed by atoms with Gasteiger partial charge in [0.15, 0.2) is 0 Å². The number of carboxylic acids is 1. The van der Waals surface area contributed by atoms with Crippen LogP contribution in [-0.4, -0.2) is 41.3 Å². The lowest BCUT2D eigenvalue weighted by Gasteiger charge is -2.25. The summed E-state index contributed by atoms with van der Waals surface area (Å²) in [5.74, 6) is -1.29. The fourth-order valence-corrected chi connectivity index (χ4v) is 5.23. The Morgan fingerprint density at radius 3 is 2.25 bits per heavy atom. The summed E-state index contributed by atoms with van der Waals surface area (Å²) in [6.07, 6.45) is 0.0411. The summed E-state index contributed by atoms with van der Waals surface area (Å²) >= 11 is 0. The number of carbonyl (C=O) groups is 2. The van der Waals surface area contributed by atoms with E-state index in [-0.39, 0.29) is 18.4 Å². The molecule has 0 bridgehead atoms. The molecule has 162 valence electrons. The van der Waals surface area contributed by atoms with Crippen LogP contribution in [0.15, 0.2) is 72.8 Å². The molecule has 5 nitrogen and oxygen atoms in total. The molecule has 1 saturated heterocycles. The number of carboxylic acid groups (broad SMARTS) is 1. The van der Waals surface area contributed by atoms with E-state index in [1.807, 2.05) is 55.5 Å². The summed E-state index contributed by atoms with van der Waals surface area (Å²) in [4.78, 5) is 26.5. The Kier molecular flexibility index (Phi) is 5.17. The molecule has 1 amide bonds. The zero-order valence-corrected chi connectivity index (χ0v) is 17.9. The van der Waals surface area contributed by atoms with Crippen LogP contribution in [0.4, 0.5) is 4.79 Å². The van der Waals surface area contributed by atoms with E-state index in [2.05, 4.69) is 24.3 Å². The van der Waals surface area contributed by atoms with Crippen LogP contribution >= 0.6 is 0 Å². The van der Waals surface area contributed by atoms with E-state index in [0.717, 1.165) is 33.4 Å². The number of hydrogen-bond donors (Lipinski definition) is 1. The van der Waals surface area contributed by atoms with Crippen LogP contribution in [0.25, 0.3) is 11.1 Å². The van der Waals surface area contributed by atoms with Gasteiger partial charge in [-0.2, -0.15) is 0 Å². The minimum absolute atomic E-state index is 0.0511. The molecule has 0 spiro atoms. The number of nitrogens with zero attached hydrogens (tertiary/aromatic N) is 1. The summed E-state index contributed by atoms with van der Waals surface area (Å²) < 4.78 is 5.74. The molecular formula is C27H25NO4. The monoisotopic (exact) mass is 427 g/mol. The van der Waals surface area contributed by atoms with Crippen LogP contribution in [0.1, 0.15) is 40.5 Å². The standard InChI is InChI=1S/C27H25NO4/c1-17-7-6-8-18(15-17)19-13-14-28(25(19)26(29)30)27(31)32-16-24-22-11-4-2-9-20(22)21-10-3-5-12-23(21)24/h2-12,15,19,24-25H,13-14,16H2,1H3,(H,29,30). The first-order valence-electron chi connectivity index (χ1n) is 11.0. The Hall–Kier alpha value is -3.60. The molecule has 1 N–H and O–H groups in total. The smallest absolute Gasteiger partial charge is 0.410 e. The van der Waals surface area contributed by atoms with Gasteiger partial charge in [-0.1, -0.05) is 78.4 Å². The highest BCUT2D eigenvalue weighted by Gasteiger charge is 2.44. The highest BCUT2D eigenvalue weighted by molar-refractivity contribution is 5.82. The minimum atomic E-state index is -0.998. The summed E-state index contributed by atoms with van der Waals surface area (Å²) in [5, 5.41) is 9.92. The van der Waals surface area contributed by atoms with Crippen molar-refractivity contribution in [1.29, 1.82) is 0 Å². The number of fused-ring (bicyclic) bond motifs is 3. The summed E-state index contributed by atoms with van der Waals surface area (Å²) in [6, 6.07) is 23.2. The fourth-order valence-electron chi connectivity index (χ4n) is 5.23. The number of hydrogen-bond acceptors (Lipinski definition) is 3. The molecule has 1 heterocycles. The fraction of sp³-hybridized carbons (Fsp3) is 0.259. The van der Waals surface area contributed by atoms with Gasteiger partial charge in [-0.15, -0.1) is 0 Å². The Morgan fingerprint density at radius 1 is 0.969 bits per heavy atom. The molecule has 2 unspecified atom stereocenters. The molecule has 32 heavy (non-hydrogen) atoms. The van der Waals surface area contributed by atoms with Crippen molar-refractivity contribution < 1.29 is 19.4 Å². The third-order valence-corrected chi connectivity index (χ3v) is 6.69. The van der Waals surface area contributed by atoms with Gasteiger partial charge < -0.3 is 9.84 Å². The minimum Gasteiger partial charge on any atom is -0.480 e. The number of aliphatic carboxylic acids is 1. The first-order valence-corrected chi connectivity index (χ1v) is 11.0. The molecule has 0 saturated carbocycles. The van der Waals surface area contributed by atoms with Crippen LogP contribution in [0.5, 0.6) is 0 Å². The van der Waals surface area contributed by atoms with E-state index in [1.165, 1.54) is 4.90 Å². The van der Waals surface area contributed by atoms with Crippen molar-refractivity contribution in [3.05, 3.63) is 95.1 Å². The van der Waals surface area contributed by atoms with Crippen LogP contribution in [0, 0.1) is 6.92 Å². The molecule has 3 aromatic rings. The molecule has 2 aliphatic rings. The topological polar surface area (TPSA) is 66.8 Å². The second-order valence-electron chi connectivity index (χ2n) is 8.59. The Bertz CT molecular complexity index is 1140. The SMILES string of the molecule is Cc1cccc(C2CCN(C(=O)OCC3c4ccccc4-c4ccccc43)C2C(=O)O)c1. The second kappa shape index (κ2) is 8.15. The molecule has 2 atom stereocenters. The number of aryl methyl sites for hydroxylation is 1. The van der Waals surface area contributed by atoms with Crippen molar-refractivity contribution >= 4 is 12.1 Å². The average Bonchev–Trinajstić information content (AvgIpc) is 3.38. The van der Waals surface area contributed by atoms with Gasteiger partial charge in [0, 0.05) is 18.4 Å². The maximum Gasteiger partial charge on any atom is 0.410 e. The van der Waals surface area contributed by atoms with Gasteiger partial charge in [0.2, 0.25) is 0 Å². The zero-order chi connectivity index (χ0) is 22.2. The van der Waals surface area contributed by atoms with Crippen LogP contribution in [0.2, 0.25) is 0 Å². The third kappa shape index (κ3) is 3.44. The van der Waals surface area contributed by atoms with E-state index in [0.29, 0.717) is 13.0 Å². The van der Waals surface area contributed by atoms with E-state index < -0.39 is 18.1 Å². The van der Waals surface area contributed by atoms with E-state index in [1.54, 1.807) is 0 Å². The lowest BCUT2D eigenvalue weighted by Crippen LogP contribution is -2.43. The summed E-state index contributed by atoms with van der Waals surface area (Å²) in [5.41, 5.74) is 6.62. The van der Waals surface area contributed by atoms with Crippen molar-refractivity contribution in [2.75, 3.05) is 13.2 Å². The van der Waals surface area contributed by atoms with Gasteiger partial charge in [0.05, 0.1) is 0 Å². The number of rotatable bonds is 4. The van der Waals surface area contributed by atoms with Crippen LogP contribution in [0.3, 0.4) is 0 Å². The lowest BCUT2D eigenvalue weighted by atomic mass is 9.91. The number of amides is 1. The molecule has 0 radical (unpaired) electrons. The highest BCUT2D eigenvalue weighted by atomic mass is 16.6. The summed E-state index contributed by atoms with van der Waals surface area (Å²) in [6.45, 7) is 2.54. The predicted molar refractivity (Wildman–Crippen MR) is 122 cm³/mol. The number of carbonyl (C=O) groups excluding carboxylic acids is 1. The average molecular weight is 428 g/mol. The molecule has 1 fully saturated rings. The Labute approximate surface area is 187 Å². The lowest BCUT2D eigenvalue weighted by molar-refractivity contribution is -0.142. The Balaban J connectivity index is 1.35. The van der Waals surface area contributed by atoms with E-state index in [4.69, 9.17) is 4.74 Å². The van der Waals surface area contributed by atoms with Gasteiger partial charge in [0.1, 0.15) is 12.6 Å². The number of ether oxygens (including phenoxy) is 1. The van der Waals surface area contributed by atoms with Crippen molar-refractivity contribution in [2.45, 2.75) is 31.2 Å². The van der Waals surface area contributed by atoms with Gasteiger partial charge >= 0.3 is 12.1 Å². The van der Waals surface area contributed by atoms with E-state index in [9.17, 15) is 14.7 Å². The van der Waals surface area contributed by atoms with Crippen molar-refractivity contribution in [2.24, 2.45) is 0 Å². The largest absolute Gasteiger partial charge is 0.480 e. The molecule has 3 aromatic carbocycles. The number of benzene rings is 3. The summed E-state index contributed by atoms with van der Waals surface area (Å²) in [7, 11) is 0. The van der Waals surface area contributed by atoms with Gasteiger partial charge in [-0.3, -0.25) is 4.90 Å². The van der Waals surface area contributed by atoms with Crippen molar-refractivity contribution in [3.8, 4) is 11.1 Å². The molecule has 5 rings (SSSR count). The maximum atomic E-state index is 13.0. The Morgan fingerprint density at radius 2 is 1.62 bits per heavy atom. The number of likely N-dealkylation sites (tertiary alicyclic amines) is 1. The highest BCUT2D eigenvalue weighted by Crippen LogP contribution is 2.44. The van der Waals surface area contributed by atoms with Crippen LogP contribution < -0.4 is 0 Å². The van der Waals surface area contributed by atoms with Crippen molar-refractivity contribution in [1.82, 2.24) is 4.90 Å². The second-order valence-corrected chi connectivity index (χ2v) is 8.59. The first-order chi connectivity index (χ1) is 15.5. The quantitative estimate of drug-likeness (QED) is 0.623. The molecular weight excluding hydrogens is 402 g/mol. The van der Waals surface area contributed by atoms with Gasteiger partial charge in [-0.05, 0) is 41.2 Å².